The maximum Gasteiger partial charge on any atom is 0.0541 e. The SMILES string of the molecule is CC1(C)c2ccccc2-c2cc(N(c3cccc(-c4ccc5c(c4)c4ccccc4n5-c4ccccc4)c3)c3ccc4c(c3)C(C)(C)c3ccccc3-4)ccc21. The zero-order chi connectivity index (χ0) is 37.8. The van der Waals surface area contributed by atoms with E-state index in [1.54, 1.807) is 0 Å². The van der Waals surface area contributed by atoms with Crippen LogP contribution in [0.1, 0.15) is 49.9 Å². The Morgan fingerprint density at radius 3 is 1.73 bits per heavy atom. The lowest BCUT2D eigenvalue weighted by Crippen LogP contribution is -2.17. The minimum absolute atomic E-state index is 0.0547. The summed E-state index contributed by atoms with van der Waals surface area (Å²) in [6.07, 6.45) is 0. The van der Waals surface area contributed by atoms with Crippen LogP contribution in [0.4, 0.5) is 17.1 Å². The molecule has 1 heterocycles. The summed E-state index contributed by atoms with van der Waals surface area (Å²) in [4.78, 5) is 2.47. The quantitative estimate of drug-likeness (QED) is 0.172. The van der Waals surface area contributed by atoms with Crippen LogP contribution in [0.15, 0.2) is 182 Å². The third-order valence-electron chi connectivity index (χ3n) is 12.8. The highest BCUT2D eigenvalue weighted by molar-refractivity contribution is 6.10. The molecule has 0 atom stereocenters. The molecule has 0 bridgehead atoms. The first-order valence-electron chi connectivity index (χ1n) is 19.8. The van der Waals surface area contributed by atoms with E-state index in [9.17, 15) is 0 Å². The number of para-hydroxylation sites is 2. The van der Waals surface area contributed by atoms with E-state index in [4.69, 9.17) is 0 Å². The van der Waals surface area contributed by atoms with Crippen molar-refractivity contribution >= 4 is 38.9 Å². The summed E-state index contributed by atoms with van der Waals surface area (Å²) in [5.41, 5.74) is 20.1. The van der Waals surface area contributed by atoms with Crippen LogP contribution >= 0.6 is 0 Å². The Bertz CT molecular complexity index is 3030. The lowest BCUT2D eigenvalue weighted by atomic mass is 9.82. The van der Waals surface area contributed by atoms with Crippen molar-refractivity contribution in [1.29, 1.82) is 0 Å². The Hall–Kier alpha value is -6.64. The zero-order valence-electron chi connectivity index (χ0n) is 32.2. The van der Waals surface area contributed by atoms with Crippen molar-refractivity contribution < 1.29 is 0 Å². The van der Waals surface area contributed by atoms with Gasteiger partial charge >= 0.3 is 0 Å². The van der Waals surface area contributed by atoms with Crippen LogP contribution in [0.2, 0.25) is 0 Å². The van der Waals surface area contributed by atoms with Gasteiger partial charge in [0.1, 0.15) is 0 Å². The minimum Gasteiger partial charge on any atom is -0.310 e. The molecule has 0 radical (unpaired) electrons. The van der Waals surface area contributed by atoms with Gasteiger partial charge in [0.15, 0.2) is 0 Å². The van der Waals surface area contributed by atoms with Crippen molar-refractivity contribution in [3.63, 3.8) is 0 Å². The molecule has 0 saturated carbocycles. The fraction of sp³-hybridized carbons (Fsp3) is 0.111. The largest absolute Gasteiger partial charge is 0.310 e. The molecule has 0 saturated heterocycles. The number of hydrogen-bond donors (Lipinski definition) is 0. The lowest BCUT2D eigenvalue weighted by molar-refractivity contribution is 0.660. The molecule has 2 aliphatic rings. The van der Waals surface area contributed by atoms with Crippen molar-refractivity contribution in [1.82, 2.24) is 4.57 Å². The van der Waals surface area contributed by atoms with Gasteiger partial charge in [0, 0.05) is 44.4 Å². The standard InChI is InChI=1S/C54H42N2/c1-53(2)48-23-12-9-20-42(48)45-33-39(27-29-49(45)53)55(40-26-28-43-41-19-8-11-22-47(41)54(3,4)50(43)34-40)38-18-14-15-35(31-38)36-25-30-52-46(32-36)44-21-10-13-24-51(44)56(52)37-16-6-5-7-17-37/h5-34H,1-4H3. The molecular weight excluding hydrogens is 677 g/mol. The molecule has 0 aliphatic heterocycles. The molecule has 2 aliphatic carbocycles. The molecule has 0 fully saturated rings. The summed E-state index contributed by atoms with van der Waals surface area (Å²) >= 11 is 0. The van der Waals surface area contributed by atoms with Crippen molar-refractivity contribution in [2.24, 2.45) is 0 Å². The third-order valence-corrected chi connectivity index (χ3v) is 12.8. The first-order valence-corrected chi connectivity index (χ1v) is 19.8. The van der Waals surface area contributed by atoms with E-state index in [1.807, 2.05) is 0 Å². The smallest absolute Gasteiger partial charge is 0.0541 e. The third kappa shape index (κ3) is 4.69. The molecule has 0 unspecified atom stereocenters. The molecule has 56 heavy (non-hydrogen) atoms. The highest BCUT2D eigenvalue weighted by Gasteiger charge is 2.37. The summed E-state index contributed by atoms with van der Waals surface area (Å²) < 4.78 is 2.38. The Morgan fingerprint density at radius 1 is 0.357 bits per heavy atom. The maximum atomic E-state index is 2.47. The molecule has 0 spiro atoms. The molecule has 0 amide bonds. The number of fused-ring (bicyclic) bond motifs is 9. The van der Waals surface area contributed by atoms with Crippen molar-refractivity contribution in [2.45, 2.75) is 38.5 Å². The summed E-state index contributed by atoms with van der Waals surface area (Å²) in [7, 11) is 0. The van der Waals surface area contributed by atoms with Crippen LogP contribution < -0.4 is 4.90 Å². The second-order valence-corrected chi connectivity index (χ2v) is 16.6. The zero-order valence-corrected chi connectivity index (χ0v) is 32.2. The molecule has 9 aromatic rings. The minimum atomic E-state index is -0.106. The monoisotopic (exact) mass is 718 g/mol. The number of anilines is 3. The van der Waals surface area contributed by atoms with E-state index in [0.29, 0.717) is 0 Å². The van der Waals surface area contributed by atoms with Crippen molar-refractivity contribution in [3.05, 3.63) is 204 Å². The molecule has 268 valence electrons. The van der Waals surface area contributed by atoms with Gasteiger partial charge < -0.3 is 9.47 Å². The van der Waals surface area contributed by atoms with Gasteiger partial charge in [0.05, 0.1) is 11.0 Å². The van der Waals surface area contributed by atoms with Gasteiger partial charge in [-0.2, -0.15) is 0 Å². The average Bonchev–Trinajstić information content (AvgIpc) is 3.78. The van der Waals surface area contributed by atoms with E-state index in [-0.39, 0.29) is 10.8 Å². The fourth-order valence-electron chi connectivity index (χ4n) is 9.96. The first kappa shape index (κ1) is 32.8. The molecule has 2 heteroatoms. The van der Waals surface area contributed by atoms with Gasteiger partial charge in [-0.15, -0.1) is 0 Å². The fourth-order valence-corrected chi connectivity index (χ4v) is 9.96. The van der Waals surface area contributed by atoms with E-state index in [1.165, 1.54) is 83.1 Å². The number of benzene rings is 8. The summed E-state index contributed by atoms with van der Waals surface area (Å²) in [5.74, 6) is 0. The van der Waals surface area contributed by atoms with Crippen LogP contribution in [0.3, 0.4) is 0 Å². The summed E-state index contributed by atoms with van der Waals surface area (Å²) in [6, 6.07) is 67.6. The highest BCUT2D eigenvalue weighted by Crippen LogP contribution is 2.53. The number of rotatable bonds is 5. The van der Waals surface area contributed by atoms with E-state index in [2.05, 4.69) is 219 Å². The molecule has 8 aromatic carbocycles. The van der Waals surface area contributed by atoms with Crippen LogP contribution in [0.5, 0.6) is 0 Å². The summed E-state index contributed by atoms with van der Waals surface area (Å²) in [6.45, 7) is 9.44. The van der Waals surface area contributed by atoms with E-state index < -0.39 is 0 Å². The van der Waals surface area contributed by atoms with Gasteiger partial charge in [0.25, 0.3) is 0 Å². The average molecular weight is 719 g/mol. The van der Waals surface area contributed by atoms with Crippen LogP contribution in [0.25, 0.3) is 60.9 Å². The Morgan fingerprint density at radius 2 is 0.929 bits per heavy atom. The Balaban J connectivity index is 1.09. The Kier molecular flexibility index (Phi) is 6.98. The lowest BCUT2D eigenvalue weighted by Gasteiger charge is -2.29. The highest BCUT2D eigenvalue weighted by atomic mass is 15.1. The van der Waals surface area contributed by atoms with Gasteiger partial charge in [-0.1, -0.05) is 143 Å². The summed E-state index contributed by atoms with van der Waals surface area (Å²) in [5, 5.41) is 2.51. The number of nitrogens with zero attached hydrogens (tertiary/aromatic N) is 2. The van der Waals surface area contributed by atoms with Crippen LogP contribution in [-0.4, -0.2) is 4.57 Å². The van der Waals surface area contributed by atoms with Gasteiger partial charge in [-0.3, -0.25) is 0 Å². The van der Waals surface area contributed by atoms with Crippen molar-refractivity contribution in [3.8, 4) is 39.1 Å². The Labute approximate surface area is 328 Å². The van der Waals surface area contributed by atoms with Crippen molar-refractivity contribution in [2.75, 3.05) is 4.90 Å². The number of hydrogen-bond acceptors (Lipinski definition) is 1. The second kappa shape index (κ2) is 11.9. The molecule has 1 aromatic heterocycles. The first-order chi connectivity index (χ1) is 27.3. The topological polar surface area (TPSA) is 8.17 Å². The van der Waals surface area contributed by atoms with Crippen LogP contribution in [-0.2, 0) is 10.8 Å². The molecule has 0 N–H and O–H groups in total. The van der Waals surface area contributed by atoms with Gasteiger partial charge in [0.2, 0.25) is 0 Å². The van der Waals surface area contributed by atoms with E-state index >= 15 is 0 Å². The molecule has 11 rings (SSSR count). The van der Waals surface area contributed by atoms with Gasteiger partial charge in [-0.25, -0.2) is 0 Å². The normalized spacial score (nSPS) is 14.4. The maximum absolute atomic E-state index is 2.47. The predicted octanol–water partition coefficient (Wildman–Crippen LogP) is 14.5. The van der Waals surface area contributed by atoms with E-state index in [0.717, 1.165) is 17.1 Å². The molecular formula is C54H42N2. The predicted molar refractivity (Wildman–Crippen MR) is 236 cm³/mol. The van der Waals surface area contributed by atoms with Gasteiger partial charge in [-0.05, 0) is 122 Å². The second-order valence-electron chi connectivity index (χ2n) is 16.6. The molecule has 2 nitrogen and oxygen atoms in total. The van der Waals surface area contributed by atoms with Crippen LogP contribution in [0, 0.1) is 0 Å². The number of aromatic nitrogens is 1.